The topological polar surface area (TPSA) is 76.8 Å². The second-order valence-corrected chi connectivity index (χ2v) is 4.49. The molecule has 2 aromatic heterocycles. The molecule has 7 heteroatoms. The number of carbonyl (C=O) groups excluding carboxylic acids is 2. The second kappa shape index (κ2) is 6.17. The quantitative estimate of drug-likeness (QED) is 0.268. The van der Waals surface area contributed by atoms with Gasteiger partial charge in [0.25, 0.3) is 0 Å². The van der Waals surface area contributed by atoms with Gasteiger partial charge < -0.3 is 9.64 Å². The molecular formula is C14H16N4O3. The fourth-order valence-electron chi connectivity index (χ4n) is 1.72. The average Bonchev–Trinajstić information content (AvgIpc) is 2.88. The van der Waals surface area contributed by atoms with E-state index in [4.69, 9.17) is 4.74 Å². The largest absolute Gasteiger partial charge is 0.462 e. The van der Waals surface area contributed by atoms with Gasteiger partial charge in [-0.2, -0.15) is 0 Å². The molecule has 7 nitrogen and oxygen atoms in total. The van der Waals surface area contributed by atoms with Crippen LogP contribution in [0.3, 0.4) is 0 Å². The summed E-state index contributed by atoms with van der Waals surface area (Å²) in [5, 5.41) is 4.07. The van der Waals surface area contributed by atoms with Crippen molar-refractivity contribution in [1.29, 1.82) is 0 Å². The summed E-state index contributed by atoms with van der Waals surface area (Å²) in [6.45, 7) is 1.87. The van der Waals surface area contributed by atoms with Crippen LogP contribution in [0.1, 0.15) is 17.5 Å². The molecule has 0 fully saturated rings. The number of nitrogens with zero attached hydrogens (tertiary/aromatic N) is 4. The third-order valence-corrected chi connectivity index (χ3v) is 2.57. The number of Topliss-reactive ketones (excluding diaryl/α,β-unsaturated/α-hetero) is 1. The van der Waals surface area contributed by atoms with Crippen LogP contribution in [0.25, 0.3) is 5.65 Å². The lowest BCUT2D eigenvalue weighted by Crippen LogP contribution is -2.20. The summed E-state index contributed by atoms with van der Waals surface area (Å²) in [5.74, 6) is -1.29. The van der Waals surface area contributed by atoms with Crippen molar-refractivity contribution in [3.05, 3.63) is 42.0 Å². The Kier molecular flexibility index (Phi) is 4.32. The lowest BCUT2D eigenvalue weighted by molar-refractivity contribution is -0.138. The van der Waals surface area contributed by atoms with Crippen molar-refractivity contribution in [2.75, 3.05) is 20.7 Å². The first-order chi connectivity index (χ1) is 10.0. The van der Waals surface area contributed by atoms with E-state index in [-0.39, 0.29) is 18.0 Å². The molecule has 0 aliphatic heterocycles. The fourth-order valence-corrected chi connectivity index (χ4v) is 1.72. The normalized spacial score (nSPS) is 11.5. The van der Waals surface area contributed by atoms with Crippen LogP contribution in [0.2, 0.25) is 0 Å². The van der Waals surface area contributed by atoms with Crippen LogP contribution in [0, 0.1) is 0 Å². The Morgan fingerprint density at radius 2 is 2.14 bits per heavy atom. The number of ketones is 1. The minimum absolute atomic E-state index is 0.0395. The SMILES string of the molecule is CCOC(=O)C(=CN(C)C)C(=O)c1nc2ccccn2n1. The molecule has 0 saturated carbocycles. The van der Waals surface area contributed by atoms with Crippen molar-refractivity contribution < 1.29 is 14.3 Å². The number of fused-ring (bicyclic) bond motifs is 1. The minimum atomic E-state index is -0.685. The van der Waals surface area contributed by atoms with Gasteiger partial charge in [-0.25, -0.2) is 14.3 Å². The minimum Gasteiger partial charge on any atom is -0.462 e. The molecule has 2 rings (SSSR count). The molecule has 110 valence electrons. The third kappa shape index (κ3) is 3.25. The summed E-state index contributed by atoms with van der Waals surface area (Å²) in [7, 11) is 3.42. The Morgan fingerprint density at radius 3 is 2.76 bits per heavy atom. The van der Waals surface area contributed by atoms with Gasteiger partial charge in [0, 0.05) is 26.5 Å². The Hall–Kier alpha value is -2.70. The molecule has 0 unspecified atom stereocenters. The highest BCUT2D eigenvalue weighted by molar-refractivity contribution is 6.22. The lowest BCUT2D eigenvalue weighted by Gasteiger charge is -2.09. The predicted molar refractivity (Wildman–Crippen MR) is 75.7 cm³/mol. The lowest BCUT2D eigenvalue weighted by atomic mass is 10.1. The molecule has 0 atom stereocenters. The van der Waals surface area contributed by atoms with Crippen LogP contribution >= 0.6 is 0 Å². The van der Waals surface area contributed by atoms with Crippen LogP contribution in [0.5, 0.6) is 0 Å². The van der Waals surface area contributed by atoms with Gasteiger partial charge >= 0.3 is 5.97 Å². The van der Waals surface area contributed by atoms with Crippen LogP contribution in [0.15, 0.2) is 36.2 Å². The number of ether oxygens (including phenoxy) is 1. The summed E-state index contributed by atoms with van der Waals surface area (Å²) in [6.07, 6.45) is 3.09. The molecule has 0 aromatic carbocycles. The maximum Gasteiger partial charge on any atom is 0.343 e. The molecule has 0 amide bonds. The Bertz CT molecular complexity index is 670. The molecule has 0 radical (unpaired) electrons. The van der Waals surface area contributed by atoms with Crippen LogP contribution in [0.4, 0.5) is 0 Å². The zero-order chi connectivity index (χ0) is 15.4. The van der Waals surface area contributed by atoms with Crippen molar-refractivity contribution in [1.82, 2.24) is 19.5 Å². The zero-order valence-electron chi connectivity index (χ0n) is 12.1. The molecule has 0 N–H and O–H groups in total. The van der Waals surface area contributed by atoms with E-state index in [1.54, 1.807) is 50.3 Å². The summed E-state index contributed by atoms with van der Waals surface area (Å²) in [5.41, 5.74) is 0.437. The van der Waals surface area contributed by atoms with E-state index < -0.39 is 11.8 Å². The van der Waals surface area contributed by atoms with E-state index in [9.17, 15) is 9.59 Å². The zero-order valence-corrected chi connectivity index (χ0v) is 12.1. The first-order valence-electron chi connectivity index (χ1n) is 6.44. The Labute approximate surface area is 121 Å². The van der Waals surface area contributed by atoms with Gasteiger partial charge in [0.05, 0.1) is 6.61 Å². The number of pyridine rings is 1. The number of aromatic nitrogens is 3. The molecule has 0 bridgehead atoms. The van der Waals surface area contributed by atoms with Crippen molar-refractivity contribution in [3.63, 3.8) is 0 Å². The predicted octanol–water partition coefficient (Wildman–Crippen LogP) is 0.921. The molecular weight excluding hydrogens is 272 g/mol. The monoisotopic (exact) mass is 288 g/mol. The third-order valence-electron chi connectivity index (χ3n) is 2.57. The fraction of sp³-hybridized carbons (Fsp3) is 0.286. The second-order valence-electron chi connectivity index (χ2n) is 4.49. The van der Waals surface area contributed by atoms with Gasteiger partial charge in [0.2, 0.25) is 11.6 Å². The molecule has 0 saturated heterocycles. The number of esters is 1. The maximum absolute atomic E-state index is 12.4. The Balaban J connectivity index is 2.39. The number of hydrogen-bond donors (Lipinski definition) is 0. The van der Waals surface area contributed by atoms with E-state index >= 15 is 0 Å². The van der Waals surface area contributed by atoms with Gasteiger partial charge in [-0.05, 0) is 19.1 Å². The number of carbonyl (C=O) groups is 2. The van der Waals surface area contributed by atoms with Crippen LogP contribution in [-0.2, 0) is 9.53 Å². The molecule has 0 spiro atoms. The van der Waals surface area contributed by atoms with E-state index in [0.717, 1.165) is 0 Å². The van der Waals surface area contributed by atoms with Crippen molar-refractivity contribution in [2.45, 2.75) is 6.92 Å². The average molecular weight is 288 g/mol. The summed E-state index contributed by atoms with van der Waals surface area (Å²) in [4.78, 5) is 30.1. The van der Waals surface area contributed by atoms with Gasteiger partial charge in [0.1, 0.15) is 5.57 Å². The summed E-state index contributed by atoms with van der Waals surface area (Å²) >= 11 is 0. The maximum atomic E-state index is 12.4. The van der Waals surface area contributed by atoms with Crippen LogP contribution in [-0.4, -0.2) is 52.0 Å². The van der Waals surface area contributed by atoms with Gasteiger partial charge in [-0.15, -0.1) is 5.10 Å². The highest BCUT2D eigenvalue weighted by Crippen LogP contribution is 2.09. The van der Waals surface area contributed by atoms with E-state index in [1.165, 1.54) is 10.7 Å². The van der Waals surface area contributed by atoms with E-state index in [2.05, 4.69) is 10.1 Å². The van der Waals surface area contributed by atoms with E-state index in [0.29, 0.717) is 5.65 Å². The van der Waals surface area contributed by atoms with Crippen molar-refractivity contribution >= 4 is 17.4 Å². The molecule has 21 heavy (non-hydrogen) atoms. The molecule has 2 heterocycles. The van der Waals surface area contributed by atoms with Crippen molar-refractivity contribution in [2.24, 2.45) is 0 Å². The Morgan fingerprint density at radius 1 is 1.38 bits per heavy atom. The highest BCUT2D eigenvalue weighted by Gasteiger charge is 2.25. The smallest absolute Gasteiger partial charge is 0.343 e. The first kappa shape index (κ1) is 14.7. The van der Waals surface area contributed by atoms with Gasteiger partial charge in [0.15, 0.2) is 5.65 Å². The first-order valence-corrected chi connectivity index (χ1v) is 6.44. The van der Waals surface area contributed by atoms with E-state index in [1.807, 2.05) is 0 Å². The summed E-state index contributed by atoms with van der Waals surface area (Å²) in [6, 6.07) is 5.29. The molecule has 2 aromatic rings. The number of rotatable bonds is 5. The highest BCUT2D eigenvalue weighted by atomic mass is 16.5. The molecule has 0 aliphatic carbocycles. The summed E-state index contributed by atoms with van der Waals surface area (Å²) < 4.78 is 6.38. The van der Waals surface area contributed by atoms with Gasteiger partial charge in [-0.1, -0.05) is 6.07 Å². The van der Waals surface area contributed by atoms with Gasteiger partial charge in [-0.3, -0.25) is 4.79 Å². The molecule has 0 aliphatic rings. The van der Waals surface area contributed by atoms with Crippen molar-refractivity contribution in [3.8, 4) is 0 Å². The number of hydrogen-bond acceptors (Lipinski definition) is 6. The standard InChI is InChI=1S/C14H16N4O3/c1-4-21-14(20)10(9-17(2)3)12(19)13-15-11-7-5-6-8-18(11)16-13/h5-9H,4H2,1-3H3. The van der Waals surface area contributed by atoms with Crippen LogP contribution < -0.4 is 0 Å².